The number of esters is 1. The smallest absolute Gasteiger partial charge is 0.408 e. The van der Waals surface area contributed by atoms with Crippen molar-refractivity contribution in [1.29, 1.82) is 0 Å². The van der Waals surface area contributed by atoms with Crippen LogP contribution in [0.1, 0.15) is 72.1 Å². The minimum absolute atomic E-state index is 0.00794. The average molecular weight is 488 g/mol. The van der Waals surface area contributed by atoms with Crippen molar-refractivity contribution in [2.24, 2.45) is 0 Å². The minimum Gasteiger partial charge on any atom is -0.466 e. The van der Waals surface area contributed by atoms with E-state index in [2.05, 4.69) is 16.6 Å². The van der Waals surface area contributed by atoms with Gasteiger partial charge in [0.05, 0.1) is 13.0 Å². The van der Waals surface area contributed by atoms with Gasteiger partial charge in [0.2, 0.25) is 11.8 Å². The zero-order valence-corrected chi connectivity index (χ0v) is 21.7. The number of terminal acetylenes is 1. The Balaban J connectivity index is 3.23. The van der Waals surface area contributed by atoms with E-state index < -0.39 is 41.1 Å². The lowest BCUT2D eigenvalue weighted by Gasteiger charge is -2.41. The Morgan fingerprint density at radius 3 is 2.11 bits per heavy atom. The number of alkyl carbamates (subject to hydrolysis) is 1. The molecular weight excluding hydrogens is 450 g/mol. The Labute approximate surface area is 207 Å². The summed E-state index contributed by atoms with van der Waals surface area (Å²) < 4.78 is 10.1. The highest BCUT2D eigenvalue weighted by Gasteiger charge is 2.38. The summed E-state index contributed by atoms with van der Waals surface area (Å²) in [5, 5.41) is 5.17. The normalized spacial score (nSPS) is 12.1. The molecule has 1 unspecified atom stereocenters. The van der Waals surface area contributed by atoms with Crippen LogP contribution >= 0.6 is 0 Å². The lowest BCUT2D eigenvalue weighted by molar-refractivity contribution is -0.146. The molecule has 1 atom stereocenters. The van der Waals surface area contributed by atoms with Crippen LogP contribution in [-0.4, -0.2) is 59.6 Å². The second kappa shape index (κ2) is 12.8. The summed E-state index contributed by atoms with van der Waals surface area (Å²) in [7, 11) is 0. The Kier molecular flexibility index (Phi) is 10.8. The first-order chi connectivity index (χ1) is 16.2. The van der Waals surface area contributed by atoms with Gasteiger partial charge in [-0.2, -0.15) is 0 Å². The van der Waals surface area contributed by atoms with Gasteiger partial charge in [0.15, 0.2) is 0 Å². The molecule has 0 saturated carbocycles. The molecule has 9 heteroatoms. The average Bonchev–Trinajstić information content (AvgIpc) is 2.74. The van der Waals surface area contributed by atoms with E-state index in [1.165, 1.54) is 4.90 Å². The number of hydrogen-bond acceptors (Lipinski definition) is 6. The van der Waals surface area contributed by atoms with Crippen molar-refractivity contribution in [3.05, 3.63) is 35.4 Å². The number of benzene rings is 1. The first kappa shape index (κ1) is 29.5. The van der Waals surface area contributed by atoms with Crippen LogP contribution in [0.2, 0.25) is 0 Å². The predicted molar refractivity (Wildman–Crippen MR) is 132 cm³/mol. The van der Waals surface area contributed by atoms with Gasteiger partial charge in [-0.05, 0) is 66.2 Å². The van der Waals surface area contributed by atoms with Crippen LogP contribution in [0.3, 0.4) is 0 Å². The summed E-state index contributed by atoms with van der Waals surface area (Å²) in [6.45, 7) is 12.1. The van der Waals surface area contributed by atoms with E-state index >= 15 is 0 Å². The summed E-state index contributed by atoms with van der Waals surface area (Å²) in [4.78, 5) is 51.9. The monoisotopic (exact) mass is 487 g/mol. The zero-order chi connectivity index (χ0) is 26.8. The van der Waals surface area contributed by atoms with Gasteiger partial charge >= 0.3 is 12.1 Å². The van der Waals surface area contributed by atoms with Crippen molar-refractivity contribution < 1.29 is 28.7 Å². The van der Waals surface area contributed by atoms with Gasteiger partial charge in [-0.1, -0.05) is 18.1 Å². The Bertz CT molecular complexity index is 936. The fourth-order valence-electron chi connectivity index (χ4n) is 3.25. The van der Waals surface area contributed by atoms with Crippen LogP contribution < -0.4 is 10.6 Å². The van der Waals surface area contributed by atoms with Crippen LogP contribution in [0.15, 0.2) is 24.3 Å². The van der Waals surface area contributed by atoms with Gasteiger partial charge in [-0.15, -0.1) is 6.42 Å². The third kappa shape index (κ3) is 10.1. The summed E-state index contributed by atoms with van der Waals surface area (Å²) in [5.41, 5.74) is -0.383. The molecule has 0 saturated heterocycles. The van der Waals surface area contributed by atoms with Gasteiger partial charge < -0.3 is 25.0 Å². The number of ether oxygens (including phenoxy) is 2. The van der Waals surface area contributed by atoms with E-state index in [4.69, 9.17) is 15.9 Å². The molecule has 1 aromatic rings. The number of hydrogen-bond donors (Lipinski definition) is 2. The number of nitrogens with one attached hydrogen (secondary N) is 2. The Morgan fingerprint density at radius 2 is 1.63 bits per heavy atom. The van der Waals surface area contributed by atoms with E-state index in [9.17, 15) is 19.2 Å². The standard InChI is InChI=1S/C26H37N3O6/c1-9-18-11-13-19(14-12-18)22(23(32)27-16-15-21(31)34-10-2)29(25(3,4)5)20(30)17-28-24(33)35-26(6,7)8/h1,11-14,22H,10,15-17H2,2-8H3,(H,27,32)(H,28,33). The first-order valence-corrected chi connectivity index (χ1v) is 11.5. The van der Waals surface area contributed by atoms with Crippen molar-refractivity contribution >= 4 is 23.9 Å². The molecule has 9 nitrogen and oxygen atoms in total. The highest BCUT2D eigenvalue weighted by Crippen LogP contribution is 2.29. The van der Waals surface area contributed by atoms with Gasteiger partial charge in [0, 0.05) is 17.6 Å². The first-order valence-electron chi connectivity index (χ1n) is 11.5. The topological polar surface area (TPSA) is 114 Å². The Morgan fingerprint density at radius 1 is 1.03 bits per heavy atom. The van der Waals surface area contributed by atoms with Crippen LogP contribution in [0.25, 0.3) is 0 Å². The second-order valence-corrected chi connectivity index (χ2v) is 9.80. The summed E-state index contributed by atoms with van der Waals surface area (Å²) in [6.07, 6.45) is 4.70. The highest BCUT2D eigenvalue weighted by atomic mass is 16.6. The molecule has 192 valence electrons. The maximum Gasteiger partial charge on any atom is 0.408 e. The van der Waals surface area contributed by atoms with Crippen LogP contribution in [0, 0.1) is 12.3 Å². The van der Waals surface area contributed by atoms with E-state index in [1.54, 1.807) is 72.7 Å². The molecule has 3 amide bonds. The molecule has 0 bridgehead atoms. The van der Waals surface area contributed by atoms with E-state index in [-0.39, 0.29) is 26.1 Å². The molecule has 2 N–H and O–H groups in total. The van der Waals surface area contributed by atoms with Gasteiger partial charge in [0.25, 0.3) is 0 Å². The lowest BCUT2D eigenvalue weighted by atomic mass is 9.96. The number of carbonyl (C=O) groups excluding carboxylic acids is 4. The molecule has 0 radical (unpaired) electrons. The zero-order valence-electron chi connectivity index (χ0n) is 21.7. The maximum absolute atomic E-state index is 13.3. The molecule has 1 aromatic carbocycles. The molecular formula is C26H37N3O6. The molecule has 0 aromatic heterocycles. The van der Waals surface area contributed by atoms with E-state index in [1.807, 2.05) is 0 Å². The highest BCUT2D eigenvalue weighted by molar-refractivity contribution is 5.91. The molecule has 0 aliphatic heterocycles. The summed E-state index contributed by atoms with van der Waals surface area (Å²) in [6, 6.07) is 5.67. The fourth-order valence-corrected chi connectivity index (χ4v) is 3.25. The van der Waals surface area contributed by atoms with E-state index in [0.717, 1.165) is 0 Å². The third-order valence-electron chi connectivity index (χ3n) is 4.61. The largest absolute Gasteiger partial charge is 0.466 e. The summed E-state index contributed by atoms with van der Waals surface area (Å²) >= 11 is 0. The number of amides is 3. The molecule has 0 fully saturated rings. The molecule has 0 aliphatic carbocycles. The maximum atomic E-state index is 13.3. The third-order valence-corrected chi connectivity index (χ3v) is 4.61. The van der Waals surface area contributed by atoms with Crippen molar-refractivity contribution in [2.45, 2.75) is 72.1 Å². The van der Waals surface area contributed by atoms with Crippen molar-refractivity contribution in [2.75, 3.05) is 19.7 Å². The van der Waals surface area contributed by atoms with Gasteiger partial charge in [-0.3, -0.25) is 14.4 Å². The second-order valence-electron chi connectivity index (χ2n) is 9.80. The number of nitrogens with zero attached hydrogens (tertiary/aromatic N) is 1. The van der Waals surface area contributed by atoms with Gasteiger partial charge in [-0.25, -0.2) is 4.79 Å². The minimum atomic E-state index is -1.04. The number of carbonyl (C=O) groups is 4. The molecule has 0 spiro atoms. The van der Waals surface area contributed by atoms with Gasteiger partial charge in [0.1, 0.15) is 18.2 Å². The summed E-state index contributed by atoms with van der Waals surface area (Å²) in [5.74, 6) is 1.11. The SMILES string of the molecule is C#Cc1ccc(C(C(=O)NCCC(=O)OCC)N(C(=O)CNC(=O)OC(C)(C)C)C(C)(C)C)cc1. The van der Waals surface area contributed by atoms with Crippen LogP contribution in [0.4, 0.5) is 4.79 Å². The molecule has 0 aliphatic rings. The Hall–Kier alpha value is -3.54. The van der Waals surface area contributed by atoms with Crippen molar-refractivity contribution in [3.8, 4) is 12.3 Å². The fraction of sp³-hybridized carbons (Fsp3) is 0.538. The lowest BCUT2D eigenvalue weighted by Crippen LogP contribution is -2.55. The van der Waals surface area contributed by atoms with Crippen molar-refractivity contribution in [3.63, 3.8) is 0 Å². The van der Waals surface area contributed by atoms with Crippen molar-refractivity contribution in [1.82, 2.24) is 15.5 Å². The van der Waals surface area contributed by atoms with E-state index in [0.29, 0.717) is 11.1 Å². The van der Waals surface area contributed by atoms with Crippen LogP contribution in [-0.2, 0) is 23.9 Å². The quantitative estimate of drug-likeness (QED) is 0.409. The number of rotatable bonds is 9. The van der Waals surface area contributed by atoms with Crippen LogP contribution in [0.5, 0.6) is 0 Å². The predicted octanol–water partition coefficient (Wildman–Crippen LogP) is 2.93. The molecule has 0 heterocycles. The molecule has 35 heavy (non-hydrogen) atoms. The molecule has 1 rings (SSSR count).